The molecule has 1 fully saturated rings. The fraction of sp³-hybridized carbons (Fsp3) is 0.519. The third-order valence-corrected chi connectivity index (χ3v) is 6.01. The van der Waals surface area contributed by atoms with E-state index in [1.165, 1.54) is 49.0 Å². The number of piperidine rings is 1. The summed E-state index contributed by atoms with van der Waals surface area (Å²) in [7, 11) is 0. The van der Waals surface area contributed by atoms with Crippen LogP contribution in [0.1, 0.15) is 87.9 Å². The highest BCUT2D eigenvalue weighted by Gasteiger charge is 2.23. The zero-order valence-electron chi connectivity index (χ0n) is 19.6. The van der Waals surface area contributed by atoms with Crippen molar-refractivity contribution >= 4 is 11.6 Å². The summed E-state index contributed by atoms with van der Waals surface area (Å²) >= 11 is 0. The number of likely N-dealkylation sites (tertiary alicyclic amines) is 1. The smallest absolute Gasteiger partial charge is 0.255 e. The lowest BCUT2D eigenvalue weighted by Gasteiger charge is -2.27. The van der Waals surface area contributed by atoms with Crippen LogP contribution in [-0.2, 0) is 17.4 Å². The molecule has 1 N–H and O–H groups in total. The minimum absolute atomic E-state index is 0.0477. The molecule has 162 valence electrons. The van der Waals surface area contributed by atoms with E-state index in [9.17, 15) is 4.79 Å². The van der Waals surface area contributed by atoms with Crippen LogP contribution in [0.2, 0.25) is 0 Å². The Morgan fingerprint density at radius 1 is 0.867 bits per heavy atom. The van der Waals surface area contributed by atoms with Crippen molar-refractivity contribution in [3.8, 4) is 0 Å². The van der Waals surface area contributed by atoms with Crippen molar-refractivity contribution in [2.45, 2.75) is 78.2 Å². The van der Waals surface area contributed by atoms with Gasteiger partial charge in [-0.3, -0.25) is 9.69 Å². The average Bonchev–Trinajstić information content (AvgIpc) is 2.68. The topological polar surface area (TPSA) is 32.3 Å². The van der Waals surface area contributed by atoms with Gasteiger partial charge in [-0.25, -0.2) is 0 Å². The molecule has 3 heteroatoms. The summed E-state index contributed by atoms with van der Waals surface area (Å²) in [5.41, 5.74) is 5.36. The molecule has 1 heterocycles. The lowest BCUT2D eigenvalue weighted by atomic mass is 9.80. The Kier molecular flexibility index (Phi) is 6.71. The summed E-state index contributed by atoms with van der Waals surface area (Å²) in [6, 6.07) is 14.5. The van der Waals surface area contributed by atoms with Crippen LogP contribution in [0.3, 0.4) is 0 Å². The average molecular weight is 407 g/mol. The number of hydrogen-bond acceptors (Lipinski definition) is 2. The first-order valence-corrected chi connectivity index (χ1v) is 11.3. The number of benzene rings is 2. The van der Waals surface area contributed by atoms with Crippen molar-refractivity contribution in [2.75, 3.05) is 18.4 Å². The Hall–Kier alpha value is -2.13. The molecule has 1 aliphatic heterocycles. The number of amides is 1. The quantitative estimate of drug-likeness (QED) is 0.627. The van der Waals surface area contributed by atoms with Crippen molar-refractivity contribution < 1.29 is 4.79 Å². The Bertz CT molecular complexity index is 863. The summed E-state index contributed by atoms with van der Waals surface area (Å²) in [5.74, 6) is -0.0477. The van der Waals surface area contributed by atoms with Crippen molar-refractivity contribution in [1.29, 1.82) is 0 Å². The molecule has 0 unspecified atom stereocenters. The van der Waals surface area contributed by atoms with Gasteiger partial charge in [-0.05, 0) is 71.7 Å². The van der Waals surface area contributed by atoms with Crippen molar-refractivity contribution in [3.05, 3.63) is 64.7 Å². The SMILES string of the molecule is CC(C)(C)c1ccc(NC(=O)c2ccc(CN3CCCCC3)cc2)c(C(C)(C)C)c1. The predicted octanol–water partition coefficient (Wildman–Crippen LogP) is 6.52. The molecule has 30 heavy (non-hydrogen) atoms. The molecule has 0 radical (unpaired) electrons. The van der Waals surface area contributed by atoms with Gasteiger partial charge in [-0.2, -0.15) is 0 Å². The highest BCUT2D eigenvalue weighted by molar-refractivity contribution is 6.04. The number of anilines is 1. The van der Waals surface area contributed by atoms with Gasteiger partial charge in [-0.1, -0.05) is 72.2 Å². The number of rotatable bonds is 4. The summed E-state index contributed by atoms with van der Waals surface area (Å²) in [6.45, 7) is 16.6. The van der Waals surface area contributed by atoms with Crippen LogP contribution in [0.25, 0.3) is 0 Å². The maximum absolute atomic E-state index is 13.0. The van der Waals surface area contributed by atoms with E-state index >= 15 is 0 Å². The maximum atomic E-state index is 13.0. The highest BCUT2D eigenvalue weighted by atomic mass is 16.1. The predicted molar refractivity (Wildman–Crippen MR) is 127 cm³/mol. The Morgan fingerprint density at radius 2 is 1.50 bits per heavy atom. The maximum Gasteiger partial charge on any atom is 0.255 e. The van der Waals surface area contributed by atoms with E-state index in [2.05, 4.69) is 82.1 Å². The molecule has 0 bridgehead atoms. The van der Waals surface area contributed by atoms with Crippen LogP contribution in [0.5, 0.6) is 0 Å². The van der Waals surface area contributed by atoms with E-state index in [0.717, 1.165) is 12.2 Å². The van der Waals surface area contributed by atoms with Crippen molar-refractivity contribution in [2.24, 2.45) is 0 Å². The van der Waals surface area contributed by atoms with E-state index in [1.54, 1.807) is 0 Å². The minimum Gasteiger partial charge on any atom is -0.322 e. The van der Waals surface area contributed by atoms with E-state index in [0.29, 0.717) is 5.56 Å². The van der Waals surface area contributed by atoms with Gasteiger partial charge in [0, 0.05) is 17.8 Å². The molecule has 1 aliphatic rings. The largest absolute Gasteiger partial charge is 0.322 e. The Balaban J connectivity index is 1.75. The van der Waals surface area contributed by atoms with Crippen LogP contribution in [0, 0.1) is 0 Å². The van der Waals surface area contributed by atoms with E-state index < -0.39 is 0 Å². The van der Waals surface area contributed by atoms with Crippen molar-refractivity contribution in [1.82, 2.24) is 4.90 Å². The zero-order valence-corrected chi connectivity index (χ0v) is 19.6. The lowest BCUT2D eigenvalue weighted by Crippen LogP contribution is -2.29. The van der Waals surface area contributed by atoms with Crippen LogP contribution in [0.15, 0.2) is 42.5 Å². The first-order chi connectivity index (χ1) is 14.0. The summed E-state index contributed by atoms with van der Waals surface area (Å²) < 4.78 is 0. The summed E-state index contributed by atoms with van der Waals surface area (Å²) in [5, 5.41) is 3.16. The monoisotopic (exact) mass is 406 g/mol. The van der Waals surface area contributed by atoms with Gasteiger partial charge < -0.3 is 5.32 Å². The number of carbonyl (C=O) groups is 1. The normalized spacial score (nSPS) is 15.8. The standard InChI is InChI=1S/C27H38N2O/c1-26(2,3)22-14-15-24(23(18-22)27(4,5)6)28-25(30)21-12-10-20(11-13-21)19-29-16-8-7-9-17-29/h10-15,18H,7-9,16-17,19H2,1-6H3,(H,28,30). The molecule has 1 saturated heterocycles. The molecular formula is C27H38N2O. The van der Waals surface area contributed by atoms with Crippen LogP contribution < -0.4 is 5.32 Å². The van der Waals surface area contributed by atoms with Crippen molar-refractivity contribution in [3.63, 3.8) is 0 Å². The Labute approximate surface area is 182 Å². The second-order valence-electron chi connectivity index (χ2n) is 10.7. The van der Waals surface area contributed by atoms with Gasteiger partial charge in [0.2, 0.25) is 0 Å². The second kappa shape index (κ2) is 8.93. The molecular weight excluding hydrogens is 368 g/mol. The lowest BCUT2D eigenvalue weighted by molar-refractivity contribution is 0.102. The number of nitrogens with zero attached hydrogens (tertiary/aromatic N) is 1. The van der Waals surface area contributed by atoms with Gasteiger partial charge in [0.1, 0.15) is 0 Å². The third-order valence-electron chi connectivity index (χ3n) is 6.01. The minimum atomic E-state index is -0.0534. The fourth-order valence-electron chi connectivity index (χ4n) is 4.07. The zero-order chi connectivity index (χ0) is 21.9. The van der Waals surface area contributed by atoms with E-state index in [-0.39, 0.29) is 16.7 Å². The van der Waals surface area contributed by atoms with E-state index in [4.69, 9.17) is 0 Å². The molecule has 0 aromatic heterocycles. The number of nitrogens with one attached hydrogen (secondary N) is 1. The summed E-state index contributed by atoms with van der Waals surface area (Å²) in [6.07, 6.45) is 3.94. The first-order valence-electron chi connectivity index (χ1n) is 11.3. The van der Waals surface area contributed by atoms with Crippen LogP contribution in [-0.4, -0.2) is 23.9 Å². The van der Waals surface area contributed by atoms with Gasteiger partial charge >= 0.3 is 0 Å². The highest BCUT2D eigenvalue weighted by Crippen LogP contribution is 2.34. The van der Waals surface area contributed by atoms with Crippen LogP contribution in [0.4, 0.5) is 5.69 Å². The molecule has 2 aromatic carbocycles. The molecule has 3 nitrogen and oxygen atoms in total. The van der Waals surface area contributed by atoms with Crippen LogP contribution >= 0.6 is 0 Å². The molecule has 0 saturated carbocycles. The van der Waals surface area contributed by atoms with Gasteiger partial charge in [0.25, 0.3) is 5.91 Å². The molecule has 2 aromatic rings. The first kappa shape index (κ1) is 22.6. The second-order valence-corrected chi connectivity index (χ2v) is 10.7. The van der Waals surface area contributed by atoms with E-state index in [1.807, 2.05) is 12.1 Å². The van der Waals surface area contributed by atoms with Gasteiger partial charge in [-0.15, -0.1) is 0 Å². The third kappa shape index (κ3) is 5.72. The number of carbonyl (C=O) groups excluding carboxylic acids is 1. The molecule has 0 spiro atoms. The van der Waals surface area contributed by atoms with Gasteiger partial charge in [0.05, 0.1) is 0 Å². The molecule has 3 rings (SSSR count). The number of hydrogen-bond donors (Lipinski definition) is 1. The molecule has 0 aliphatic carbocycles. The Morgan fingerprint density at radius 3 is 2.07 bits per heavy atom. The summed E-state index contributed by atoms with van der Waals surface area (Å²) in [4.78, 5) is 15.5. The fourth-order valence-corrected chi connectivity index (χ4v) is 4.07. The van der Waals surface area contributed by atoms with Gasteiger partial charge in [0.15, 0.2) is 0 Å². The molecule has 0 atom stereocenters. The molecule has 1 amide bonds.